The van der Waals surface area contributed by atoms with Gasteiger partial charge >= 0.3 is 6.03 Å². The molecule has 0 aliphatic carbocycles. The Labute approximate surface area is 149 Å². The van der Waals surface area contributed by atoms with E-state index < -0.39 is 0 Å². The number of amides is 2. The van der Waals surface area contributed by atoms with Gasteiger partial charge in [-0.15, -0.1) is 10.2 Å². The zero-order chi connectivity index (χ0) is 17.9. The lowest BCUT2D eigenvalue weighted by Gasteiger charge is -2.09. The first kappa shape index (κ1) is 15.8. The van der Waals surface area contributed by atoms with Crippen LogP contribution in [0.15, 0.2) is 66.7 Å². The predicted octanol–water partition coefficient (Wildman–Crippen LogP) is 3.74. The molecule has 4 aromatic rings. The maximum atomic E-state index is 12.2. The van der Waals surface area contributed by atoms with Crippen LogP contribution >= 0.6 is 0 Å². The van der Waals surface area contributed by atoms with Gasteiger partial charge in [-0.05, 0) is 43.3 Å². The van der Waals surface area contributed by atoms with E-state index in [0.717, 1.165) is 22.8 Å². The summed E-state index contributed by atoms with van der Waals surface area (Å²) in [5.41, 5.74) is 3.77. The van der Waals surface area contributed by atoms with Crippen molar-refractivity contribution in [2.45, 2.75) is 6.92 Å². The molecule has 128 valence electrons. The van der Waals surface area contributed by atoms with Crippen molar-refractivity contribution in [3.63, 3.8) is 0 Å². The molecular formula is C19H16N6O. The molecule has 7 heteroatoms. The molecule has 0 bridgehead atoms. The molecule has 0 aliphatic heterocycles. The minimum atomic E-state index is -0.300. The van der Waals surface area contributed by atoms with E-state index in [1.54, 1.807) is 4.52 Å². The van der Waals surface area contributed by atoms with Gasteiger partial charge in [-0.2, -0.15) is 9.61 Å². The highest BCUT2D eigenvalue weighted by Crippen LogP contribution is 2.21. The van der Waals surface area contributed by atoms with E-state index in [2.05, 4.69) is 25.9 Å². The Hall–Kier alpha value is -3.74. The van der Waals surface area contributed by atoms with E-state index in [-0.39, 0.29) is 6.03 Å². The summed E-state index contributed by atoms with van der Waals surface area (Å²) in [6.45, 7) is 1.85. The summed E-state index contributed by atoms with van der Waals surface area (Å²) in [6, 6.07) is 20.3. The van der Waals surface area contributed by atoms with Gasteiger partial charge in [-0.3, -0.25) is 0 Å². The smallest absolute Gasteiger partial charge is 0.308 e. The fourth-order valence-corrected chi connectivity index (χ4v) is 2.62. The fourth-order valence-electron chi connectivity index (χ4n) is 2.62. The van der Waals surface area contributed by atoms with Crippen molar-refractivity contribution in [3.05, 3.63) is 72.6 Å². The number of aryl methyl sites for hydroxylation is 1. The summed E-state index contributed by atoms with van der Waals surface area (Å²) in [7, 11) is 0. The lowest BCUT2D eigenvalue weighted by atomic mass is 10.1. The van der Waals surface area contributed by atoms with Gasteiger partial charge in [-0.1, -0.05) is 30.3 Å². The molecule has 0 saturated heterocycles. The summed E-state index contributed by atoms with van der Waals surface area (Å²) < 4.78 is 1.69. The topological polar surface area (TPSA) is 84.2 Å². The van der Waals surface area contributed by atoms with Crippen molar-refractivity contribution >= 4 is 23.1 Å². The zero-order valence-corrected chi connectivity index (χ0v) is 14.0. The highest BCUT2D eigenvalue weighted by atomic mass is 16.2. The number of carbonyl (C=O) groups excluding carboxylic acids is 1. The quantitative estimate of drug-likeness (QED) is 0.593. The Balaban J connectivity index is 1.55. The molecular weight excluding hydrogens is 328 g/mol. The maximum Gasteiger partial charge on any atom is 0.323 e. The molecule has 0 fully saturated rings. The molecule has 4 rings (SSSR count). The van der Waals surface area contributed by atoms with E-state index in [0.29, 0.717) is 11.3 Å². The average Bonchev–Trinajstić information content (AvgIpc) is 3.03. The first-order valence-electron chi connectivity index (χ1n) is 8.11. The first-order chi connectivity index (χ1) is 12.7. The number of para-hydroxylation sites is 1. The van der Waals surface area contributed by atoms with E-state index in [1.165, 1.54) is 0 Å². The SMILES string of the molecule is Cc1nnc2ccc(-c3cccc(NC(=O)Nc4ccccc4)c3)nn12. The highest BCUT2D eigenvalue weighted by molar-refractivity contribution is 6.00. The molecule has 26 heavy (non-hydrogen) atoms. The molecule has 0 radical (unpaired) electrons. The summed E-state index contributed by atoms with van der Waals surface area (Å²) in [5, 5.41) is 18.2. The van der Waals surface area contributed by atoms with E-state index in [1.807, 2.05) is 73.7 Å². The molecule has 2 N–H and O–H groups in total. The second-order valence-electron chi connectivity index (χ2n) is 5.76. The van der Waals surface area contributed by atoms with Gasteiger partial charge in [-0.25, -0.2) is 4.79 Å². The van der Waals surface area contributed by atoms with Gasteiger partial charge in [0.25, 0.3) is 0 Å². The number of nitrogens with zero attached hydrogens (tertiary/aromatic N) is 4. The standard InChI is InChI=1S/C19H16N6O/c1-13-22-23-18-11-10-17(24-25(13)18)14-6-5-9-16(12-14)21-19(26)20-15-7-3-2-4-8-15/h2-12H,1H3,(H2,20,21,26). The molecule has 0 atom stereocenters. The highest BCUT2D eigenvalue weighted by Gasteiger charge is 2.07. The van der Waals surface area contributed by atoms with Crippen molar-refractivity contribution in [2.75, 3.05) is 10.6 Å². The van der Waals surface area contributed by atoms with Crippen molar-refractivity contribution in [1.29, 1.82) is 0 Å². The summed E-state index contributed by atoms with van der Waals surface area (Å²) in [6.07, 6.45) is 0. The summed E-state index contributed by atoms with van der Waals surface area (Å²) in [4.78, 5) is 12.2. The number of anilines is 2. The molecule has 7 nitrogen and oxygen atoms in total. The minimum Gasteiger partial charge on any atom is -0.308 e. The molecule has 2 heterocycles. The van der Waals surface area contributed by atoms with Gasteiger partial charge in [0.2, 0.25) is 0 Å². The summed E-state index contributed by atoms with van der Waals surface area (Å²) >= 11 is 0. The van der Waals surface area contributed by atoms with Gasteiger partial charge in [0.1, 0.15) is 0 Å². The fraction of sp³-hybridized carbons (Fsp3) is 0.0526. The first-order valence-corrected chi connectivity index (χ1v) is 8.11. The molecule has 0 unspecified atom stereocenters. The van der Waals surface area contributed by atoms with Crippen LogP contribution in [0.2, 0.25) is 0 Å². The molecule has 2 aromatic heterocycles. The molecule has 0 saturated carbocycles. The minimum absolute atomic E-state index is 0.300. The van der Waals surface area contributed by atoms with E-state index in [4.69, 9.17) is 0 Å². The number of hydrogen-bond acceptors (Lipinski definition) is 4. The van der Waals surface area contributed by atoms with Gasteiger partial charge < -0.3 is 10.6 Å². The third-order valence-electron chi connectivity index (χ3n) is 3.87. The summed E-state index contributed by atoms with van der Waals surface area (Å²) in [5.74, 6) is 0.721. The van der Waals surface area contributed by atoms with Gasteiger partial charge in [0, 0.05) is 16.9 Å². The number of nitrogens with one attached hydrogen (secondary N) is 2. The van der Waals surface area contributed by atoms with Gasteiger partial charge in [0.15, 0.2) is 11.5 Å². The Morgan fingerprint density at radius 1 is 0.885 bits per heavy atom. The number of aromatic nitrogens is 4. The predicted molar refractivity (Wildman–Crippen MR) is 100 cm³/mol. The zero-order valence-electron chi connectivity index (χ0n) is 14.0. The lowest BCUT2D eigenvalue weighted by molar-refractivity contribution is 0.262. The number of urea groups is 1. The van der Waals surface area contributed by atoms with Crippen LogP contribution in [-0.4, -0.2) is 25.8 Å². The molecule has 0 spiro atoms. The largest absolute Gasteiger partial charge is 0.323 e. The van der Waals surface area contributed by atoms with Gasteiger partial charge in [0.05, 0.1) is 5.69 Å². The van der Waals surface area contributed by atoms with Crippen molar-refractivity contribution in [2.24, 2.45) is 0 Å². The lowest BCUT2D eigenvalue weighted by Crippen LogP contribution is -2.19. The second-order valence-corrected chi connectivity index (χ2v) is 5.76. The average molecular weight is 344 g/mol. The second kappa shape index (κ2) is 6.64. The van der Waals surface area contributed by atoms with Crippen LogP contribution in [0, 0.1) is 6.92 Å². The normalized spacial score (nSPS) is 10.7. The van der Waals surface area contributed by atoms with Crippen LogP contribution in [0.3, 0.4) is 0 Å². The Morgan fingerprint density at radius 2 is 1.65 bits per heavy atom. The van der Waals surface area contributed by atoms with E-state index in [9.17, 15) is 4.79 Å². The van der Waals surface area contributed by atoms with Crippen LogP contribution < -0.4 is 10.6 Å². The van der Waals surface area contributed by atoms with Crippen molar-refractivity contribution < 1.29 is 4.79 Å². The Bertz CT molecular complexity index is 1070. The third-order valence-corrected chi connectivity index (χ3v) is 3.87. The molecule has 0 aliphatic rings. The molecule has 2 amide bonds. The van der Waals surface area contributed by atoms with Crippen LogP contribution in [0.1, 0.15) is 5.82 Å². The third kappa shape index (κ3) is 3.23. The number of hydrogen-bond donors (Lipinski definition) is 2. The molecule has 2 aromatic carbocycles. The number of rotatable bonds is 3. The monoisotopic (exact) mass is 344 g/mol. The Morgan fingerprint density at radius 3 is 2.50 bits per heavy atom. The van der Waals surface area contributed by atoms with Crippen LogP contribution in [-0.2, 0) is 0 Å². The van der Waals surface area contributed by atoms with Crippen molar-refractivity contribution in [1.82, 2.24) is 19.8 Å². The maximum absolute atomic E-state index is 12.2. The number of benzene rings is 2. The Kier molecular flexibility index (Phi) is 4.03. The van der Waals surface area contributed by atoms with Crippen LogP contribution in [0.5, 0.6) is 0 Å². The van der Waals surface area contributed by atoms with E-state index >= 15 is 0 Å². The number of fused-ring (bicyclic) bond motifs is 1. The van der Waals surface area contributed by atoms with Crippen LogP contribution in [0.25, 0.3) is 16.9 Å². The number of carbonyl (C=O) groups is 1. The van der Waals surface area contributed by atoms with Crippen LogP contribution in [0.4, 0.5) is 16.2 Å². The van der Waals surface area contributed by atoms with Crippen molar-refractivity contribution in [3.8, 4) is 11.3 Å².